The number of alkyl halides is 3. The maximum Gasteiger partial charge on any atom is 0.417 e. The Balaban J connectivity index is 2.54. The standard InChI is InChI=1S/C15H14F3NO2/c1-14(2)8-7-10(9-13(14)19(20)21)11-5-3-4-6-12(11)15(16,17)18/h3-9,13H,1-2H3. The maximum absolute atomic E-state index is 13.0. The summed E-state index contributed by atoms with van der Waals surface area (Å²) >= 11 is 0. The molecule has 1 aromatic rings. The van der Waals surface area contributed by atoms with Crippen LogP contribution in [0.3, 0.4) is 0 Å². The summed E-state index contributed by atoms with van der Waals surface area (Å²) in [6.45, 7) is 3.36. The monoisotopic (exact) mass is 297 g/mol. The zero-order valence-corrected chi connectivity index (χ0v) is 11.5. The predicted octanol–water partition coefficient (Wildman–Crippen LogP) is 4.33. The van der Waals surface area contributed by atoms with Crippen molar-refractivity contribution in [2.45, 2.75) is 26.1 Å². The number of hydrogen-bond donors (Lipinski definition) is 0. The summed E-state index contributed by atoms with van der Waals surface area (Å²) in [5.41, 5.74) is -1.34. The van der Waals surface area contributed by atoms with Crippen molar-refractivity contribution in [3.8, 4) is 0 Å². The maximum atomic E-state index is 13.0. The van der Waals surface area contributed by atoms with E-state index < -0.39 is 28.1 Å². The van der Waals surface area contributed by atoms with Gasteiger partial charge in [0.15, 0.2) is 0 Å². The quantitative estimate of drug-likeness (QED) is 0.602. The SMILES string of the molecule is CC1(C)C=CC(c2ccccc2C(F)(F)F)=CC1[N+](=O)[O-]. The van der Waals surface area contributed by atoms with Crippen molar-refractivity contribution in [3.63, 3.8) is 0 Å². The molecule has 0 heterocycles. The van der Waals surface area contributed by atoms with Gasteiger partial charge in [-0.3, -0.25) is 10.1 Å². The molecule has 0 aliphatic heterocycles. The Bertz CT molecular complexity index is 630. The number of benzene rings is 1. The van der Waals surface area contributed by atoms with Crippen molar-refractivity contribution in [2.24, 2.45) is 5.41 Å². The van der Waals surface area contributed by atoms with E-state index in [0.29, 0.717) is 0 Å². The Hall–Kier alpha value is -2.11. The smallest absolute Gasteiger partial charge is 0.264 e. The number of hydrogen-bond acceptors (Lipinski definition) is 2. The molecular formula is C15H14F3NO2. The minimum absolute atomic E-state index is 0.0383. The molecule has 0 radical (unpaired) electrons. The first-order valence-electron chi connectivity index (χ1n) is 6.34. The zero-order valence-electron chi connectivity index (χ0n) is 11.5. The third kappa shape index (κ3) is 2.99. The van der Waals surface area contributed by atoms with Crippen LogP contribution >= 0.6 is 0 Å². The van der Waals surface area contributed by atoms with Crippen molar-refractivity contribution in [1.82, 2.24) is 0 Å². The van der Waals surface area contributed by atoms with Crippen LogP contribution in [0.25, 0.3) is 5.57 Å². The Morgan fingerprint density at radius 1 is 1.24 bits per heavy atom. The van der Waals surface area contributed by atoms with E-state index in [-0.39, 0.29) is 11.1 Å². The van der Waals surface area contributed by atoms with Gasteiger partial charge in [-0.25, -0.2) is 0 Å². The van der Waals surface area contributed by atoms with Gasteiger partial charge in [0.25, 0.3) is 0 Å². The average Bonchev–Trinajstić information content (AvgIpc) is 2.37. The van der Waals surface area contributed by atoms with Crippen molar-refractivity contribution < 1.29 is 18.1 Å². The van der Waals surface area contributed by atoms with Gasteiger partial charge in [-0.2, -0.15) is 13.2 Å². The van der Waals surface area contributed by atoms with Crippen LogP contribution in [0, 0.1) is 15.5 Å². The molecule has 0 spiro atoms. The third-order valence-electron chi connectivity index (χ3n) is 3.56. The second-order valence-electron chi connectivity index (χ2n) is 5.55. The molecule has 112 valence electrons. The van der Waals surface area contributed by atoms with Crippen LogP contribution in [0.5, 0.6) is 0 Å². The summed E-state index contributed by atoms with van der Waals surface area (Å²) in [6.07, 6.45) is -0.0968. The van der Waals surface area contributed by atoms with Gasteiger partial charge in [0.2, 0.25) is 6.04 Å². The molecule has 21 heavy (non-hydrogen) atoms. The fourth-order valence-electron chi connectivity index (χ4n) is 2.34. The van der Waals surface area contributed by atoms with Crippen molar-refractivity contribution in [3.05, 3.63) is 63.7 Å². The van der Waals surface area contributed by atoms with Gasteiger partial charge in [-0.15, -0.1) is 0 Å². The van der Waals surface area contributed by atoms with Gasteiger partial charge in [0, 0.05) is 4.92 Å². The van der Waals surface area contributed by atoms with Gasteiger partial charge in [-0.1, -0.05) is 30.4 Å². The molecule has 0 N–H and O–H groups in total. The number of nitrogens with zero attached hydrogens (tertiary/aromatic N) is 1. The number of rotatable bonds is 2. The average molecular weight is 297 g/mol. The minimum Gasteiger partial charge on any atom is -0.264 e. The van der Waals surface area contributed by atoms with Crippen LogP contribution in [0.2, 0.25) is 0 Å². The first-order chi connectivity index (χ1) is 9.63. The highest BCUT2D eigenvalue weighted by atomic mass is 19.4. The molecule has 6 heteroatoms. The summed E-state index contributed by atoms with van der Waals surface area (Å²) in [5, 5.41) is 11.1. The van der Waals surface area contributed by atoms with Crippen LogP contribution in [0.1, 0.15) is 25.0 Å². The van der Waals surface area contributed by atoms with E-state index in [1.807, 2.05) is 0 Å². The van der Waals surface area contributed by atoms with Crippen LogP contribution < -0.4 is 0 Å². The topological polar surface area (TPSA) is 43.1 Å². The molecule has 0 saturated carbocycles. The lowest BCUT2D eigenvalue weighted by molar-refractivity contribution is -0.523. The molecular weight excluding hydrogens is 283 g/mol. The van der Waals surface area contributed by atoms with Gasteiger partial charge >= 0.3 is 6.18 Å². The highest BCUT2D eigenvalue weighted by molar-refractivity contribution is 5.78. The van der Waals surface area contributed by atoms with E-state index in [4.69, 9.17) is 0 Å². The summed E-state index contributed by atoms with van der Waals surface area (Å²) in [5.74, 6) is 0. The first-order valence-corrected chi connectivity index (χ1v) is 6.34. The van der Waals surface area contributed by atoms with Crippen molar-refractivity contribution >= 4 is 5.57 Å². The van der Waals surface area contributed by atoms with Crippen LogP contribution in [-0.4, -0.2) is 11.0 Å². The fourth-order valence-corrected chi connectivity index (χ4v) is 2.34. The Labute approximate surface area is 119 Å². The lowest BCUT2D eigenvalue weighted by Gasteiger charge is -2.27. The molecule has 1 aliphatic rings. The molecule has 1 aromatic carbocycles. The van der Waals surface area contributed by atoms with Crippen molar-refractivity contribution in [1.29, 1.82) is 0 Å². The second-order valence-corrected chi connectivity index (χ2v) is 5.55. The number of nitro groups is 1. The molecule has 0 amide bonds. The summed E-state index contributed by atoms with van der Waals surface area (Å²) in [7, 11) is 0. The molecule has 2 rings (SSSR count). The summed E-state index contributed by atoms with van der Waals surface area (Å²) < 4.78 is 39.1. The summed E-state index contributed by atoms with van der Waals surface area (Å²) in [4.78, 5) is 10.7. The number of allylic oxidation sites excluding steroid dienone is 2. The molecule has 3 nitrogen and oxygen atoms in total. The van der Waals surface area contributed by atoms with Gasteiger partial charge in [0.1, 0.15) is 0 Å². The predicted molar refractivity (Wildman–Crippen MR) is 73.1 cm³/mol. The molecule has 0 bridgehead atoms. The Morgan fingerprint density at radius 3 is 2.43 bits per heavy atom. The highest BCUT2D eigenvalue weighted by Crippen LogP contribution is 2.39. The Morgan fingerprint density at radius 2 is 1.86 bits per heavy atom. The molecule has 1 unspecified atom stereocenters. The van der Waals surface area contributed by atoms with E-state index in [9.17, 15) is 23.3 Å². The summed E-state index contributed by atoms with van der Waals surface area (Å²) in [6, 6.07) is 4.03. The second kappa shape index (κ2) is 5.02. The molecule has 1 aliphatic carbocycles. The largest absolute Gasteiger partial charge is 0.417 e. The van der Waals surface area contributed by atoms with Crippen LogP contribution in [0.4, 0.5) is 13.2 Å². The van der Waals surface area contributed by atoms with E-state index in [1.54, 1.807) is 19.9 Å². The van der Waals surface area contributed by atoms with E-state index in [1.165, 1.54) is 30.4 Å². The normalized spacial score (nSPS) is 21.0. The van der Waals surface area contributed by atoms with Crippen molar-refractivity contribution in [2.75, 3.05) is 0 Å². The van der Waals surface area contributed by atoms with E-state index in [0.717, 1.165) is 6.07 Å². The fraction of sp³-hybridized carbons (Fsp3) is 0.333. The third-order valence-corrected chi connectivity index (χ3v) is 3.56. The molecule has 0 saturated heterocycles. The molecule has 0 aromatic heterocycles. The highest BCUT2D eigenvalue weighted by Gasteiger charge is 2.39. The first kappa shape index (κ1) is 15.3. The zero-order chi connectivity index (χ0) is 15.8. The van der Waals surface area contributed by atoms with Gasteiger partial charge in [-0.05, 0) is 37.1 Å². The lowest BCUT2D eigenvalue weighted by atomic mass is 9.78. The van der Waals surface area contributed by atoms with E-state index >= 15 is 0 Å². The van der Waals surface area contributed by atoms with E-state index in [2.05, 4.69) is 0 Å². The molecule has 1 atom stereocenters. The molecule has 0 fully saturated rings. The Kier molecular flexibility index (Phi) is 3.65. The lowest BCUT2D eigenvalue weighted by Crippen LogP contribution is -2.35. The minimum atomic E-state index is -4.50. The van der Waals surface area contributed by atoms with Crippen LogP contribution in [-0.2, 0) is 6.18 Å². The van der Waals surface area contributed by atoms with Gasteiger partial charge in [0.05, 0.1) is 11.0 Å². The van der Waals surface area contributed by atoms with Crippen LogP contribution in [0.15, 0.2) is 42.5 Å². The number of halogens is 3. The van der Waals surface area contributed by atoms with Gasteiger partial charge < -0.3 is 0 Å².